The van der Waals surface area contributed by atoms with Gasteiger partial charge in [-0.3, -0.25) is 4.90 Å². The number of carbonyl (C=O) groups is 2. The molecule has 1 N–H and O–H groups in total. The van der Waals surface area contributed by atoms with E-state index in [9.17, 15) is 9.59 Å². The van der Waals surface area contributed by atoms with Crippen LogP contribution in [0.4, 0.5) is 10.5 Å². The molecular weight excluding hydrogens is 232 g/mol. The van der Waals surface area contributed by atoms with E-state index in [4.69, 9.17) is 4.74 Å². The van der Waals surface area contributed by atoms with E-state index in [1.54, 1.807) is 37.4 Å². The Bertz CT molecular complexity index is 480. The first kappa shape index (κ1) is 12.2. The molecule has 0 aliphatic carbocycles. The van der Waals surface area contributed by atoms with Gasteiger partial charge in [-0.15, -0.1) is 0 Å². The third-order valence-electron chi connectivity index (χ3n) is 2.50. The monoisotopic (exact) mass is 246 g/mol. The zero-order valence-corrected chi connectivity index (χ0v) is 10.1. The minimum atomic E-state index is -0.359. The standard InChI is InChI=1S/C13H14N2O3/c1-2-18-12(16)10-4-6-11(7-5-10)15-9-3-8-14-13(15)17/h3-7,9H,2,8H2,1H3,(H,14,17). The molecule has 18 heavy (non-hydrogen) atoms. The van der Waals surface area contributed by atoms with E-state index in [0.29, 0.717) is 24.4 Å². The summed E-state index contributed by atoms with van der Waals surface area (Å²) in [4.78, 5) is 24.5. The van der Waals surface area contributed by atoms with Crippen molar-refractivity contribution >= 4 is 17.7 Å². The van der Waals surface area contributed by atoms with Crippen molar-refractivity contribution in [2.75, 3.05) is 18.1 Å². The molecule has 5 nitrogen and oxygen atoms in total. The fourth-order valence-corrected chi connectivity index (χ4v) is 1.63. The molecule has 0 bridgehead atoms. The number of nitrogens with one attached hydrogen (secondary N) is 1. The Balaban J connectivity index is 2.17. The normalized spacial score (nSPS) is 14.3. The van der Waals surface area contributed by atoms with Gasteiger partial charge in [0.25, 0.3) is 0 Å². The summed E-state index contributed by atoms with van der Waals surface area (Å²) in [7, 11) is 0. The molecule has 0 radical (unpaired) electrons. The van der Waals surface area contributed by atoms with Gasteiger partial charge in [0, 0.05) is 12.7 Å². The number of rotatable bonds is 3. The van der Waals surface area contributed by atoms with E-state index in [1.165, 1.54) is 4.90 Å². The van der Waals surface area contributed by atoms with Crippen molar-refractivity contribution < 1.29 is 14.3 Å². The maximum Gasteiger partial charge on any atom is 0.338 e. The largest absolute Gasteiger partial charge is 0.462 e. The fourth-order valence-electron chi connectivity index (χ4n) is 1.63. The summed E-state index contributed by atoms with van der Waals surface area (Å²) >= 11 is 0. The van der Waals surface area contributed by atoms with Gasteiger partial charge in [-0.25, -0.2) is 9.59 Å². The number of anilines is 1. The van der Waals surface area contributed by atoms with Gasteiger partial charge in [-0.2, -0.15) is 0 Å². The van der Waals surface area contributed by atoms with Gasteiger partial charge in [0.05, 0.1) is 17.9 Å². The van der Waals surface area contributed by atoms with Crippen LogP contribution >= 0.6 is 0 Å². The van der Waals surface area contributed by atoms with Crippen molar-refractivity contribution in [3.05, 3.63) is 42.1 Å². The van der Waals surface area contributed by atoms with Gasteiger partial charge < -0.3 is 10.1 Å². The van der Waals surface area contributed by atoms with Crippen LogP contribution in [0.2, 0.25) is 0 Å². The van der Waals surface area contributed by atoms with E-state index in [2.05, 4.69) is 5.32 Å². The summed E-state index contributed by atoms with van der Waals surface area (Å²) in [6.45, 7) is 2.64. The average molecular weight is 246 g/mol. The molecule has 0 aromatic heterocycles. The molecule has 0 fully saturated rings. The van der Waals surface area contributed by atoms with Crippen LogP contribution in [0.3, 0.4) is 0 Å². The van der Waals surface area contributed by atoms with Gasteiger partial charge in [-0.1, -0.05) is 0 Å². The Morgan fingerprint density at radius 1 is 1.39 bits per heavy atom. The summed E-state index contributed by atoms with van der Waals surface area (Å²) in [5.41, 5.74) is 1.18. The lowest BCUT2D eigenvalue weighted by Gasteiger charge is -2.22. The minimum absolute atomic E-state index is 0.179. The summed E-state index contributed by atoms with van der Waals surface area (Å²) in [5.74, 6) is -0.359. The van der Waals surface area contributed by atoms with Crippen molar-refractivity contribution in [3.63, 3.8) is 0 Å². The van der Waals surface area contributed by atoms with E-state index in [-0.39, 0.29) is 12.0 Å². The molecule has 1 heterocycles. The number of urea groups is 1. The van der Waals surface area contributed by atoms with Gasteiger partial charge in [-0.05, 0) is 37.3 Å². The average Bonchev–Trinajstić information content (AvgIpc) is 2.40. The van der Waals surface area contributed by atoms with E-state index >= 15 is 0 Å². The lowest BCUT2D eigenvalue weighted by Crippen LogP contribution is -2.39. The van der Waals surface area contributed by atoms with Crippen LogP contribution in [0.15, 0.2) is 36.5 Å². The predicted octanol–water partition coefficient (Wildman–Crippen LogP) is 1.91. The zero-order valence-electron chi connectivity index (χ0n) is 10.1. The quantitative estimate of drug-likeness (QED) is 0.829. The predicted molar refractivity (Wildman–Crippen MR) is 67.4 cm³/mol. The van der Waals surface area contributed by atoms with E-state index < -0.39 is 0 Å². The van der Waals surface area contributed by atoms with Crippen LogP contribution in [0.5, 0.6) is 0 Å². The van der Waals surface area contributed by atoms with Crippen LogP contribution in [0.25, 0.3) is 0 Å². The third-order valence-corrected chi connectivity index (χ3v) is 2.50. The highest BCUT2D eigenvalue weighted by Crippen LogP contribution is 2.17. The van der Waals surface area contributed by atoms with Gasteiger partial charge in [0.2, 0.25) is 0 Å². The Hall–Kier alpha value is -2.30. The SMILES string of the molecule is CCOC(=O)c1ccc(N2C=CCNC2=O)cc1. The Labute approximate surface area is 105 Å². The molecule has 2 amide bonds. The van der Waals surface area contributed by atoms with Crippen molar-refractivity contribution in [1.82, 2.24) is 5.32 Å². The molecule has 1 aliphatic heterocycles. The summed E-state index contributed by atoms with van der Waals surface area (Å²) in [5, 5.41) is 2.70. The molecule has 0 saturated heterocycles. The number of nitrogens with zero attached hydrogens (tertiary/aromatic N) is 1. The molecule has 0 atom stereocenters. The van der Waals surface area contributed by atoms with Crippen LogP contribution in [-0.4, -0.2) is 25.2 Å². The molecule has 5 heteroatoms. The number of esters is 1. The number of benzene rings is 1. The smallest absolute Gasteiger partial charge is 0.338 e. The number of amides is 2. The summed E-state index contributed by atoms with van der Waals surface area (Å²) < 4.78 is 4.89. The molecule has 94 valence electrons. The van der Waals surface area contributed by atoms with Crippen molar-refractivity contribution in [3.8, 4) is 0 Å². The first-order chi connectivity index (χ1) is 8.72. The summed E-state index contributed by atoms with van der Waals surface area (Å²) in [6.07, 6.45) is 3.55. The summed E-state index contributed by atoms with van der Waals surface area (Å²) in [6, 6.07) is 6.52. The second-order valence-corrected chi connectivity index (χ2v) is 3.71. The highest BCUT2D eigenvalue weighted by molar-refractivity contribution is 5.96. The Morgan fingerprint density at radius 3 is 2.72 bits per heavy atom. The Kier molecular flexibility index (Phi) is 3.62. The molecule has 1 aromatic rings. The molecule has 1 aromatic carbocycles. The van der Waals surface area contributed by atoms with E-state index in [1.807, 2.05) is 6.08 Å². The molecule has 0 spiro atoms. The topological polar surface area (TPSA) is 58.6 Å². The fraction of sp³-hybridized carbons (Fsp3) is 0.231. The van der Waals surface area contributed by atoms with Crippen LogP contribution in [-0.2, 0) is 4.74 Å². The molecular formula is C13H14N2O3. The molecule has 0 unspecified atom stereocenters. The number of carbonyl (C=O) groups excluding carboxylic acids is 2. The van der Waals surface area contributed by atoms with Crippen molar-refractivity contribution in [2.24, 2.45) is 0 Å². The molecule has 1 aliphatic rings. The van der Waals surface area contributed by atoms with E-state index in [0.717, 1.165) is 0 Å². The van der Waals surface area contributed by atoms with Crippen LogP contribution in [0.1, 0.15) is 17.3 Å². The minimum Gasteiger partial charge on any atom is -0.462 e. The Morgan fingerprint density at radius 2 is 2.11 bits per heavy atom. The van der Waals surface area contributed by atoms with Crippen molar-refractivity contribution in [2.45, 2.75) is 6.92 Å². The lowest BCUT2D eigenvalue weighted by molar-refractivity contribution is 0.0526. The van der Waals surface area contributed by atoms with Gasteiger partial charge in [0.15, 0.2) is 0 Å². The first-order valence-electron chi connectivity index (χ1n) is 5.73. The highest BCUT2D eigenvalue weighted by Gasteiger charge is 2.15. The number of ether oxygens (including phenoxy) is 1. The molecule has 2 rings (SSSR count). The first-order valence-corrected chi connectivity index (χ1v) is 5.73. The second kappa shape index (κ2) is 5.35. The highest BCUT2D eigenvalue weighted by atomic mass is 16.5. The van der Waals surface area contributed by atoms with Gasteiger partial charge >= 0.3 is 12.0 Å². The third kappa shape index (κ3) is 2.51. The van der Waals surface area contributed by atoms with Crippen LogP contribution < -0.4 is 10.2 Å². The second-order valence-electron chi connectivity index (χ2n) is 3.71. The zero-order chi connectivity index (χ0) is 13.0. The van der Waals surface area contributed by atoms with Gasteiger partial charge in [0.1, 0.15) is 0 Å². The lowest BCUT2D eigenvalue weighted by atomic mass is 10.2. The van der Waals surface area contributed by atoms with Crippen molar-refractivity contribution in [1.29, 1.82) is 0 Å². The molecule has 0 saturated carbocycles. The maximum atomic E-state index is 11.6. The number of hydrogen-bond acceptors (Lipinski definition) is 3. The number of hydrogen-bond donors (Lipinski definition) is 1. The maximum absolute atomic E-state index is 11.6. The van der Waals surface area contributed by atoms with Crippen LogP contribution in [0, 0.1) is 0 Å².